The van der Waals surface area contributed by atoms with E-state index in [4.69, 9.17) is 22.1 Å². The van der Waals surface area contributed by atoms with Gasteiger partial charge in [-0.1, -0.05) is 42.6 Å². The van der Waals surface area contributed by atoms with Crippen molar-refractivity contribution in [3.8, 4) is 16.3 Å². The number of thiophene rings is 1. The third kappa shape index (κ3) is 4.69. The number of carbonyl (C=O) groups excluding carboxylic acids is 1. The molecule has 0 spiro atoms. The zero-order valence-corrected chi connectivity index (χ0v) is 20.5. The van der Waals surface area contributed by atoms with Crippen LogP contribution >= 0.6 is 22.9 Å². The maximum atomic E-state index is 12.2. The van der Waals surface area contributed by atoms with Crippen molar-refractivity contribution in [1.82, 2.24) is 14.7 Å². The van der Waals surface area contributed by atoms with Crippen LogP contribution in [0.2, 0.25) is 5.02 Å². The van der Waals surface area contributed by atoms with Crippen molar-refractivity contribution < 1.29 is 9.53 Å². The molecule has 1 fully saturated rings. The van der Waals surface area contributed by atoms with Gasteiger partial charge in [-0.3, -0.25) is 9.20 Å². The summed E-state index contributed by atoms with van der Waals surface area (Å²) in [4.78, 5) is 17.8. The second kappa shape index (κ2) is 9.78. The van der Waals surface area contributed by atoms with Gasteiger partial charge in [0.1, 0.15) is 22.4 Å². The van der Waals surface area contributed by atoms with E-state index in [0.29, 0.717) is 21.7 Å². The molecule has 1 aliphatic rings. The molecule has 0 radical (unpaired) electrons. The topological polar surface area (TPSA) is 81.7 Å². The molecule has 3 N–H and O–H groups in total. The van der Waals surface area contributed by atoms with Crippen molar-refractivity contribution >= 4 is 34.5 Å². The van der Waals surface area contributed by atoms with Gasteiger partial charge in [0.25, 0.3) is 5.91 Å². The Balaban J connectivity index is 1.35. The van der Waals surface area contributed by atoms with E-state index in [1.807, 2.05) is 53.9 Å². The van der Waals surface area contributed by atoms with E-state index in [2.05, 4.69) is 16.4 Å². The van der Waals surface area contributed by atoms with E-state index >= 15 is 0 Å². The standard InChI is InChI=1S/C26H27ClN4O2S/c1-16(19-10-9-17(12-20(19)27)14-29-18-6-2-3-7-18)33-22-13-23(34-25(22)26(28)32)21-15-30-24-8-4-5-11-31(21)24/h4-5,8-13,15-16,18,29H,2-3,6-7,14H2,1H3,(H2,28,32)/t16-/m1/s1. The number of nitrogens with one attached hydrogen (secondary N) is 1. The molecule has 0 aliphatic heterocycles. The summed E-state index contributed by atoms with van der Waals surface area (Å²) in [5.41, 5.74) is 9.40. The number of hydrogen-bond acceptors (Lipinski definition) is 5. The summed E-state index contributed by atoms with van der Waals surface area (Å²) in [6.45, 7) is 2.73. The second-order valence-corrected chi connectivity index (χ2v) is 10.2. The first-order chi connectivity index (χ1) is 16.5. The van der Waals surface area contributed by atoms with Gasteiger partial charge in [-0.2, -0.15) is 0 Å². The van der Waals surface area contributed by atoms with E-state index < -0.39 is 5.91 Å². The summed E-state index contributed by atoms with van der Waals surface area (Å²) in [7, 11) is 0. The predicted molar refractivity (Wildman–Crippen MR) is 137 cm³/mol. The van der Waals surface area contributed by atoms with E-state index in [1.165, 1.54) is 37.0 Å². The van der Waals surface area contributed by atoms with Crippen LogP contribution < -0.4 is 15.8 Å². The normalized spacial score (nSPS) is 15.1. The zero-order chi connectivity index (χ0) is 23.7. The highest BCUT2D eigenvalue weighted by atomic mass is 35.5. The van der Waals surface area contributed by atoms with Gasteiger partial charge in [-0.05, 0) is 43.5 Å². The maximum Gasteiger partial charge on any atom is 0.262 e. The number of nitrogens with zero attached hydrogens (tertiary/aromatic N) is 2. The summed E-state index contributed by atoms with van der Waals surface area (Å²) in [6.07, 6.45) is 8.48. The molecule has 8 heteroatoms. The zero-order valence-electron chi connectivity index (χ0n) is 19.0. The maximum absolute atomic E-state index is 12.2. The number of fused-ring (bicyclic) bond motifs is 1. The largest absolute Gasteiger partial charge is 0.484 e. The number of imidazole rings is 1. The van der Waals surface area contributed by atoms with Gasteiger partial charge in [-0.15, -0.1) is 11.3 Å². The van der Waals surface area contributed by atoms with Crippen molar-refractivity contribution in [3.63, 3.8) is 0 Å². The molecule has 1 aromatic carbocycles. The number of nitrogens with two attached hydrogens (primary N) is 1. The number of carbonyl (C=O) groups is 1. The molecule has 3 aromatic heterocycles. The fourth-order valence-corrected chi connectivity index (χ4v) is 5.84. The molecule has 1 atom stereocenters. The van der Waals surface area contributed by atoms with E-state index in [1.54, 1.807) is 6.20 Å². The van der Waals surface area contributed by atoms with E-state index in [9.17, 15) is 4.79 Å². The first-order valence-electron chi connectivity index (χ1n) is 11.5. The Morgan fingerprint density at radius 3 is 2.88 bits per heavy atom. The Labute approximate surface area is 207 Å². The number of amides is 1. The summed E-state index contributed by atoms with van der Waals surface area (Å²) < 4.78 is 8.20. The molecular weight excluding hydrogens is 468 g/mol. The van der Waals surface area contributed by atoms with Crippen molar-refractivity contribution in [1.29, 1.82) is 0 Å². The minimum atomic E-state index is -0.522. The minimum absolute atomic E-state index is 0.355. The fourth-order valence-electron chi connectivity index (χ4n) is 4.53. The fraction of sp³-hybridized carbons (Fsp3) is 0.308. The highest BCUT2D eigenvalue weighted by molar-refractivity contribution is 7.17. The lowest BCUT2D eigenvalue weighted by atomic mass is 10.1. The molecule has 6 nitrogen and oxygen atoms in total. The van der Waals surface area contributed by atoms with Gasteiger partial charge < -0.3 is 15.8 Å². The molecule has 0 bridgehead atoms. The van der Waals surface area contributed by atoms with Crippen molar-refractivity contribution in [2.45, 2.75) is 51.3 Å². The molecule has 3 heterocycles. The number of halogens is 1. The van der Waals surface area contributed by atoms with Gasteiger partial charge in [0.05, 0.1) is 16.8 Å². The number of primary amides is 1. The Morgan fingerprint density at radius 1 is 1.29 bits per heavy atom. The number of aromatic nitrogens is 2. The molecule has 1 aliphatic carbocycles. The highest BCUT2D eigenvalue weighted by Gasteiger charge is 2.22. The van der Waals surface area contributed by atoms with Gasteiger partial charge in [0, 0.05) is 35.4 Å². The number of pyridine rings is 1. The second-order valence-electron chi connectivity index (χ2n) is 8.72. The predicted octanol–water partition coefficient (Wildman–Crippen LogP) is 5.99. The van der Waals surface area contributed by atoms with Crippen molar-refractivity contribution in [2.75, 3.05) is 0 Å². The average Bonchev–Trinajstić information content (AvgIpc) is 3.57. The lowest BCUT2D eigenvalue weighted by molar-refractivity contribution is 0.0998. The van der Waals surface area contributed by atoms with E-state index in [-0.39, 0.29) is 6.10 Å². The van der Waals surface area contributed by atoms with Crippen LogP contribution in [0.25, 0.3) is 16.2 Å². The van der Waals surface area contributed by atoms with Crippen LogP contribution in [-0.4, -0.2) is 21.3 Å². The molecule has 0 unspecified atom stereocenters. The Hall–Kier alpha value is -2.87. The first-order valence-corrected chi connectivity index (χ1v) is 12.7. The molecule has 1 amide bonds. The van der Waals surface area contributed by atoms with Crippen LogP contribution in [0.5, 0.6) is 5.75 Å². The van der Waals surface area contributed by atoms with Crippen LogP contribution in [0.4, 0.5) is 0 Å². The Bertz CT molecular complexity index is 1330. The molecule has 5 rings (SSSR count). The molecular formula is C26H27ClN4O2S. The van der Waals surface area contributed by atoms with Crippen LogP contribution in [-0.2, 0) is 6.54 Å². The average molecular weight is 495 g/mol. The third-order valence-electron chi connectivity index (χ3n) is 6.35. The number of benzene rings is 1. The number of ether oxygens (including phenoxy) is 1. The Kier molecular flexibility index (Phi) is 6.59. The smallest absolute Gasteiger partial charge is 0.262 e. The highest BCUT2D eigenvalue weighted by Crippen LogP contribution is 2.39. The lowest BCUT2D eigenvalue weighted by Gasteiger charge is -2.18. The molecule has 34 heavy (non-hydrogen) atoms. The number of hydrogen-bond donors (Lipinski definition) is 2. The van der Waals surface area contributed by atoms with Gasteiger partial charge in [0.2, 0.25) is 0 Å². The van der Waals surface area contributed by atoms with Gasteiger partial charge in [-0.25, -0.2) is 4.98 Å². The van der Waals surface area contributed by atoms with Gasteiger partial charge in [0.15, 0.2) is 0 Å². The van der Waals surface area contributed by atoms with Crippen molar-refractivity contribution in [2.24, 2.45) is 5.73 Å². The van der Waals surface area contributed by atoms with Crippen LogP contribution in [0.15, 0.2) is 54.9 Å². The van der Waals surface area contributed by atoms with Crippen LogP contribution in [0, 0.1) is 0 Å². The summed E-state index contributed by atoms with van der Waals surface area (Å²) in [6, 6.07) is 14.3. The summed E-state index contributed by atoms with van der Waals surface area (Å²) in [5, 5.41) is 4.26. The quantitative estimate of drug-likeness (QED) is 0.315. The molecule has 4 aromatic rings. The van der Waals surface area contributed by atoms with E-state index in [0.717, 1.165) is 33.9 Å². The number of rotatable bonds is 8. The van der Waals surface area contributed by atoms with Crippen LogP contribution in [0.3, 0.4) is 0 Å². The minimum Gasteiger partial charge on any atom is -0.484 e. The molecule has 1 saturated carbocycles. The van der Waals surface area contributed by atoms with Crippen LogP contribution in [0.1, 0.15) is 59.5 Å². The first kappa shape index (κ1) is 22.9. The summed E-state index contributed by atoms with van der Waals surface area (Å²) in [5.74, 6) is -0.0689. The van der Waals surface area contributed by atoms with Gasteiger partial charge >= 0.3 is 0 Å². The SMILES string of the molecule is C[C@@H](Oc1cc(-c2cnc3ccccn23)sc1C(N)=O)c1ccc(CNC2CCCC2)cc1Cl. The third-order valence-corrected chi connectivity index (χ3v) is 7.83. The Morgan fingerprint density at radius 2 is 2.12 bits per heavy atom. The molecule has 0 saturated heterocycles. The monoisotopic (exact) mass is 494 g/mol. The lowest BCUT2D eigenvalue weighted by Crippen LogP contribution is -2.25. The van der Waals surface area contributed by atoms with Crippen molar-refractivity contribution in [3.05, 3.63) is 75.9 Å². The molecule has 176 valence electrons. The summed E-state index contributed by atoms with van der Waals surface area (Å²) >= 11 is 7.93.